The fourth-order valence-corrected chi connectivity index (χ4v) is 4.11. The Balaban J connectivity index is 1.99. The summed E-state index contributed by atoms with van der Waals surface area (Å²) in [5, 5.41) is 10.9. The van der Waals surface area contributed by atoms with Crippen molar-refractivity contribution in [3.8, 4) is 0 Å². The molecule has 1 fully saturated rings. The van der Waals surface area contributed by atoms with Gasteiger partial charge in [-0.1, -0.05) is 38.8 Å². The molecule has 5 heteroatoms. The lowest BCUT2D eigenvalue weighted by atomic mass is 9.81. The van der Waals surface area contributed by atoms with Crippen LogP contribution in [-0.4, -0.2) is 29.5 Å². The predicted molar refractivity (Wildman–Crippen MR) is 107 cm³/mol. The van der Waals surface area contributed by atoms with Gasteiger partial charge in [0.1, 0.15) is 0 Å². The normalized spacial score (nSPS) is 20.7. The van der Waals surface area contributed by atoms with Gasteiger partial charge in [0.05, 0.1) is 4.92 Å². The topological polar surface area (TPSA) is 72.4 Å². The summed E-state index contributed by atoms with van der Waals surface area (Å²) in [6, 6.07) is 7.06. The van der Waals surface area contributed by atoms with Crippen molar-refractivity contribution in [2.75, 3.05) is 19.6 Å². The Morgan fingerprint density at radius 3 is 2.19 bits per heavy atom. The van der Waals surface area contributed by atoms with Crippen molar-refractivity contribution in [3.05, 3.63) is 39.9 Å². The molecule has 0 aromatic heterocycles. The second-order valence-corrected chi connectivity index (χ2v) is 7.92. The van der Waals surface area contributed by atoms with Crippen LogP contribution in [0.2, 0.25) is 0 Å². The zero-order valence-electron chi connectivity index (χ0n) is 16.4. The van der Waals surface area contributed by atoms with Crippen LogP contribution in [0.4, 0.5) is 5.69 Å². The lowest BCUT2D eigenvalue weighted by Gasteiger charge is -2.34. The van der Waals surface area contributed by atoms with Crippen LogP contribution in [0.1, 0.15) is 57.9 Å². The molecule has 2 N–H and O–H groups in total. The van der Waals surface area contributed by atoms with Crippen LogP contribution < -0.4 is 5.73 Å². The van der Waals surface area contributed by atoms with Gasteiger partial charge >= 0.3 is 0 Å². The summed E-state index contributed by atoms with van der Waals surface area (Å²) >= 11 is 0. The van der Waals surface area contributed by atoms with Gasteiger partial charge in [-0.25, -0.2) is 0 Å². The van der Waals surface area contributed by atoms with E-state index in [1.807, 2.05) is 12.1 Å². The first-order chi connectivity index (χ1) is 12.5. The third-order valence-electron chi connectivity index (χ3n) is 6.04. The van der Waals surface area contributed by atoms with E-state index < -0.39 is 0 Å². The van der Waals surface area contributed by atoms with Gasteiger partial charge in [-0.3, -0.25) is 15.0 Å². The Kier molecular flexibility index (Phi) is 8.52. The molecular weight excluding hydrogens is 326 g/mol. The Morgan fingerprint density at radius 2 is 1.69 bits per heavy atom. The Labute approximate surface area is 158 Å². The van der Waals surface area contributed by atoms with E-state index in [1.165, 1.54) is 38.5 Å². The van der Waals surface area contributed by atoms with E-state index in [-0.39, 0.29) is 10.6 Å². The van der Waals surface area contributed by atoms with Crippen LogP contribution in [0.15, 0.2) is 24.3 Å². The third-order valence-corrected chi connectivity index (χ3v) is 6.04. The zero-order valence-corrected chi connectivity index (χ0v) is 16.4. The molecule has 0 atom stereocenters. The quantitative estimate of drug-likeness (QED) is 0.488. The standard InChI is InChI=1S/C21H35N3O2/c1-3-17(4-2)14-23(15-19-7-5-18(13-22)6-8-19)16-20-9-11-21(12-10-20)24(25)26/h9-12,17-19H,3-8,13-16,22H2,1-2H3. The Bertz CT molecular complexity index is 535. The van der Waals surface area contributed by atoms with Crippen LogP contribution in [0.3, 0.4) is 0 Å². The minimum Gasteiger partial charge on any atom is -0.330 e. The van der Waals surface area contributed by atoms with Gasteiger partial charge in [0.2, 0.25) is 0 Å². The third kappa shape index (κ3) is 6.36. The van der Waals surface area contributed by atoms with Gasteiger partial charge in [-0.15, -0.1) is 0 Å². The predicted octanol–water partition coefficient (Wildman–Crippen LogP) is 4.60. The highest BCUT2D eigenvalue weighted by atomic mass is 16.6. The second-order valence-electron chi connectivity index (χ2n) is 7.92. The maximum Gasteiger partial charge on any atom is 0.269 e. The summed E-state index contributed by atoms with van der Waals surface area (Å²) in [4.78, 5) is 13.1. The molecule has 26 heavy (non-hydrogen) atoms. The zero-order chi connectivity index (χ0) is 18.9. The molecule has 1 aliphatic rings. The van der Waals surface area contributed by atoms with Crippen molar-refractivity contribution < 1.29 is 4.92 Å². The van der Waals surface area contributed by atoms with Crippen LogP contribution in [0.25, 0.3) is 0 Å². The fraction of sp³-hybridized carbons (Fsp3) is 0.714. The average molecular weight is 362 g/mol. The minimum atomic E-state index is -0.332. The van der Waals surface area contributed by atoms with Crippen LogP contribution in [0.5, 0.6) is 0 Å². The Morgan fingerprint density at radius 1 is 1.12 bits per heavy atom. The van der Waals surface area contributed by atoms with Gasteiger partial charge in [-0.05, 0) is 55.5 Å². The molecule has 1 saturated carbocycles. The molecule has 0 unspecified atom stereocenters. The smallest absolute Gasteiger partial charge is 0.269 e. The number of hydrogen-bond acceptors (Lipinski definition) is 4. The summed E-state index contributed by atoms with van der Waals surface area (Å²) in [6.45, 7) is 8.49. The first-order valence-corrected chi connectivity index (χ1v) is 10.2. The molecule has 0 heterocycles. The van der Waals surface area contributed by atoms with Crippen molar-refractivity contribution >= 4 is 5.69 Å². The molecule has 1 aliphatic carbocycles. The van der Waals surface area contributed by atoms with E-state index in [0.29, 0.717) is 11.8 Å². The molecule has 0 amide bonds. The van der Waals surface area contributed by atoms with E-state index in [9.17, 15) is 10.1 Å². The number of non-ortho nitro benzene ring substituents is 1. The van der Waals surface area contributed by atoms with Crippen molar-refractivity contribution in [1.82, 2.24) is 4.90 Å². The summed E-state index contributed by atoms with van der Waals surface area (Å²) in [6.07, 6.45) is 7.48. The minimum absolute atomic E-state index is 0.167. The fourth-order valence-electron chi connectivity index (χ4n) is 4.11. The number of nitro benzene ring substituents is 1. The monoisotopic (exact) mass is 361 g/mol. The van der Waals surface area contributed by atoms with Crippen molar-refractivity contribution in [3.63, 3.8) is 0 Å². The van der Waals surface area contributed by atoms with Gasteiger partial charge < -0.3 is 5.73 Å². The number of rotatable bonds is 10. The number of nitro groups is 1. The molecule has 0 radical (unpaired) electrons. The van der Waals surface area contributed by atoms with Crippen LogP contribution >= 0.6 is 0 Å². The summed E-state index contributed by atoms with van der Waals surface area (Å²) < 4.78 is 0. The summed E-state index contributed by atoms with van der Waals surface area (Å²) in [7, 11) is 0. The van der Waals surface area contributed by atoms with Crippen LogP contribution in [0, 0.1) is 27.9 Å². The first-order valence-electron chi connectivity index (χ1n) is 10.2. The lowest BCUT2D eigenvalue weighted by Crippen LogP contribution is -2.35. The second kappa shape index (κ2) is 10.6. The van der Waals surface area contributed by atoms with E-state index in [0.717, 1.165) is 37.7 Å². The summed E-state index contributed by atoms with van der Waals surface area (Å²) in [5.41, 5.74) is 7.16. The highest BCUT2D eigenvalue weighted by Crippen LogP contribution is 2.29. The van der Waals surface area contributed by atoms with Gasteiger partial charge in [0.15, 0.2) is 0 Å². The van der Waals surface area contributed by atoms with Gasteiger partial charge in [0, 0.05) is 31.8 Å². The Hall–Kier alpha value is -1.46. The lowest BCUT2D eigenvalue weighted by molar-refractivity contribution is -0.384. The van der Waals surface area contributed by atoms with E-state index in [4.69, 9.17) is 5.73 Å². The molecule has 0 saturated heterocycles. The molecule has 146 valence electrons. The van der Waals surface area contributed by atoms with Crippen LogP contribution in [-0.2, 0) is 6.54 Å². The van der Waals surface area contributed by atoms with E-state index in [1.54, 1.807) is 12.1 Å². The average Bonchev–Trinajstić information content (AvgIpc) is 2.67. The first kappa shape index (κ1) is 20.8. The molecule has 2 rings (SSSR count). The van der Waals surface area contributed by atoms with Gasteiger partial charge in [0.25, 0.3) is 5.69 Å². The SMILES string of the molecule is CCC(CC)CN(Cc1ccc([N+](=O)[O-])cc1)CC1CCC(CN)CC1. The molecular formula is C21H35N3O2. The van der Waals surface area contributed by atoms with E-state index >= 15 is 0 Å². The maximum absolute atomic E-state index is 10.9. The van der Waals surface area contributed by atoms with Crippen molar-refractivity contribution in [1.29, 1.82) is 0 Å². The number of nitrogens with two attached hydrogens (primary N) is 1. The maximum atomic E-state index is 10.9. The van der Waals surface area contributed by atoms with E-state index in [2.05, 4.69) is 18.7 Å². The highest BCUT2D eigenvalue weighted by Gasteiger charge is 2.23. The summed E-state index contributed by atoms with van der Waals surface area (Å²) in [5.74, 6) is 2.19. The molecule has 5 nitrogen and oxygen atoms in total. The number of benzene rings is 1. The molecule has 1 aromatic carbocycles. The van der Waals surface area contributed by atoms with Crippen molar-refractivity contribution in [2.45, 2.75) is 58.9 Å². The molecule has 0 aliphatic heterocycles. The highest BCUT2D eigenvalue weighted by molar-refractivity contribution is 5.32. The molecule has 0 spiro atoms. The molecule has 0 bridgehead atoms. The largest absolute Gasteiger partial charge is 0.330 e. The number of nitrogens with zero attached hydrogens (tertiary/aromatic N) is 2. The molecule has 1 aromatic rings. The van der Waals surface area contributed by atoms with Gasteiger partial charge in [-0.2, -0.15) is 0 Å². The number of hydrogen-bond donors (Lipinski definition) is 1. The van der Waals surface area contributed by atoms with Crippen molar-refractivity contribution in [2.24, 2.45) is 23.5 Å².